The fourth-order valence-corrected chi connectivity index (χ4v) is 14.1. The van der Waals surface area contributed by atoms with Crippen molar-refractivity contribution in [3.8, 4) is 31.7 Å². The van der Waals surface area contributed by atoms with E-state index in [2.05, 4.69) is 134 Å². The molecule has 94 heavy (non-hydrogen) atoms. The molecule has 6 heterocycles. The van der Waals surface area contributed by atoms with Crippen molar-refractivity contribution in [2.75, 3.05) is 10.6 Å². The lowest BCUT2D eigenvalue weighted by Crippen LogP contribution is -2.19. The number of nitrogens with zero attached hydrogens (tertiary/aromatic N) is 6. The van der Waals surface area contributed by atoms with E-state index in [4.69, 9.17) is 9.97 Å². The Hall–Kier alpha value is -9.19. The fraction of sp³-hybridized carbons (Fsp3) is 0.228. The van der Waals surface area contributed by atoms with E-state index in [1.165, 1.54) is 36.2 Å². The molecule has 0 aliphatic heterocycles. The van der Waals surface area contributed by atoms with Gasteiger partial charge in [0, 0.05) is 76.0 Å². The molecule has 0 amide bonds. The van der Waals surface area contributed by atoms with Crippen molar-refractivity contribution in [3.63, 3.8) is 0 Å². The lowest BCUT2D eigenvalue weighted by Gasteiger charge is -2.25. The third-order valence-electron chi connectivity index (χ3n) is 16.4. The number of para-hydroxylation sites is 1. The third kappa shape index (κ3) is 19.9. The standard InChI is InChI=1S/C30H32N2OS.C26H24N2O2S.C23H22N4OS/c33-26-12-9-23(10-13-26)19-24-7-4-8-25(20-24)21-30-31-18-17-28(32-30)29-16-15-27(34-29)14-11-22-5-2-1-3-6-22;1-18(29)21-9-5-6-19(16-21)17-26-27-15-14-23(28-26)25-13-11-22(31-25)10-12-24(30)20-7-3-2-4-8-20;1-16(28)17-6-5-9-19(14-17)26-23-24-13-12-21(27-23)22-11-10-20(29-22)15-25-18-7-3-2-4-8-18/h1-8,15-18,20,23,26,33H,9-14,19,21H2;2-9,11,13-16,18,29H,10,12,17H2,1H3;2-14,16,25,28H,15H2,1H3,(H,24,26,27). The average Bonchev–Trinajstić information content (AvgIpc) is 1.92. The Bertz CT molecular complexity index is 4320. The van der Waals surface area contributed by atoms with Crippen molar-refractivity contribution in [2.45, 2.75) is 109 Å². The molecule has 2 atom stereocenters. The summed E-state index contributed by atoms with van der Waals surface area (Å²) in [5.74, 6) is 3.00. The SMILES string of the molecule is CC(O)c1cccc(Cc2nccc(-c3ccc(CCC(=O)c4ccccc4)s3)n2)c1.CC(O)c1cccc(Nc2nccc(-c3ccc(CNc4ccccc4)s3)n2)c1.OC1CCC(Cc2cccc(Cc3nccc(-c4ccc(CCc5ccccc5)s4)n3)c2)CC1. The number of rotatable bonds is 23. The number of anilines is 3. The summed E-state index contributed by atoms with van der Waals surface area (Å²) in [6.45, 7) is 4.28. The molecule has 0 radical (unpaired) electrons. The molecule has 476 valence electrons. The molecule has 0 bridgehead atoms. The number of nitrogens with one attached hydrogen (secondary N) is 2. The van der Waals surface area contributed by atoms with Crippen LogP contribution in [0.3, 0.4) is 0 Å². The summed E-state index contributed by atoms with van der Waals surface area (Å²) in [7, 11) is 0. The molecule has 13 rings (SSSR count). The number of hydrogen-bond acceptors (Lipinski definition) is 15. The van der Waals surface area contributed by atoms with Crippen molar-refractivity contribution >= 4 is 57.1 Å². The van der Waals surface area contributed by atoms with E-state index in [9.17, 15) is 20.1 Å². The van der Waals surface area contributed by atoms with Gasteiger partial charge in [-0.3, -0.25) is 4.79 Å². The van der Waals surface area contributed by atoms with Crippen molar-refractivity contribution in [2.24, 2.45) is 5.92 Å². The van der Waals surface area contributed by atoms with Crippen LogP contribution in [0.2, 0.25) is 0 Å². The Kier molecular flexibility index (Phi) is 23.7. The highest BCUT2D eigenvalue weighted by molar-refractivity contribution is 7.16. The van der Waals surface area contributed by atoms with E-state index in [0.717, 1.165) is 136 Å². The normalized spacial score (nSPS) is 14.1. The largest absolute Gasteiger partial charge is 0.393 e. The Balaban J connectivity index is 0.000000144. The van der Waals surface area contributed by atoms with Gasteiger partial charge in [-0.15, -0.1) is 34.0 Å². The highest BCUT2D eigenvalue weighted by atomic mass is 32.1. The molecule has 15 heteroatoms. The molecule has 1 fully saturated rings. The second-order valence-corrected chi connectivity index (χ2v) is 27.2. The summed E-state index contributed by atoms with van der Waals surface area (Å²) in [6.07, 6.45) is 14.3. The molecule has 6 aromatic heterocycles. The van der Waals surface area contributed by atoms with Gasteiger partial charge >= 0.3 is 0 Å². The summed E-state index contributed by atoms with van der Waals surface area (Å²) >= 11 is 5.22. The Labute approximate surface area is 563 Å². The van der Waals surface area contributed by atoms with Crippen molar-refractivity contribution < 1.29 is 20.1 Å². The minimum Gasteiger partial charge on any atom is -0.393 e. The van der Waals surface area contributed by atoms with Crippen LogP contribution in [-0.4, -0.2) is 57.1 Å². The number of aliphatic hydroxyl groups excluding tert-OH is 3. The number of ketones is 1. The molecule has 1 saturated carbocycles. The van der Waals surface area contributed by atoms with Gasteiger partial charge in [-0.2, -0.15) is 0 Å². The molecular formula is C79H78N8O4S3. The lowest BCUT2D eigenvalue weighted by molar-refractivity contribution is 0.0983. The second-order valence-electron chi connectivity index (χ2n) is 23.7. The van der Waals surface area contributed by atoms with Gasteiger partial charge in [0.15, 0.2) is 5.78 Å². The molecule has 2 unspecified atom stereocenters. The Morgan fingerprint density at radius 2 is 0.979 bits per heavy atom. The number of benzene rings is 6. The van der Waals surface area contributed by atoms with Crippen LogP contribution in [0.25, 0.3) is 31.7 Å². The number of hydrogen-bond donors (Lipinski definition) is 5. The van der Waals surface area contributed by atoms with E-state index >= 15 is 0 Å². The van der Waals surface area contributed by atoms with Gasteiger partial charge in [-0.25, -0.2) is 29.9 Å². The van der Waals surface area contributed by atoms with Crippen molar-refractivity contribution in [3.05, 3.63) is 302 Å². The lowest BCUT2D eigenvalue weighted by atomic mass is 9.83. The van der Waals surface area contributed by atoms with E-state index in [1.54, 1.807) is 48.9 Å². The number of thiophene rings is 3. The first-order valence-corrected chi connectivity index (χ1v) is 34.6. The predicted molar refractivity (Wildman–Crippen MR) is 384 cm³/mol. The molecule has 12 aromatic rings. The molecule has 0 saturated heterocycles. The predicted octanol–water partition coefficient (Wildman–Crippen LogP) is 18.0. The maximum Gasteiger partial charge on any atom is 0.227 e. The van der Waals surface area contributed by atoms with Crippen LogP contribution in [-0.2, 0) is 45.1 Å². The van der Waals surface area contributed by atoms with Gasteiger partial charge in [-0.1, -0.05) is 140 Å². The highest BCUT2D eigenvalue weighted by Gasteiger charge is 2.20. The zero-order chi connectivity index (χ0) is 64.9. The van der Waals surface area contributed by atoms with E-state index in [-0.39, 0.29) is 11.9 Å². The summed E-state index contributed by atoms with van der Waals surface area (Å²) in [5.41, 5.74) is 12.3. The average molecular weight is 1300 g/mol. The Morgan fingerprint density at radius 1 is 0.479 bits per heavy atom. The van der Waals surface area contributed by atoms with Crippen LogP contribution in [0.1, 0.15) is 128 Å². The maximum absolute atomic E-state index is 12.3. The van der Waals surface area contributed by atoms with E-state index in [0.29, 0.717) is 24.7 Å². The van der Waals surface area contributed by atoms with Gasteiger partial charge < -0.3 is 26.0 Å². The summed E-state index contributed by atoms with van der Waals surface area (Å²) < 4.78 is 0. The minimum atomic E-state index is -0.516. The highest BCUT2D eigenvalue weighted by Crippen LogP contribution is 2.33. The quantitative estimate of drug-likeness (QED) is 0.0383. The number of aromatic nitrogens is 6. The first kappa shape index (κ1) is 66.3. The summed E-state index contributed by atoms with van der Waals surface area (Å²) in [6, 6.07) is 73.3. The molecule has 6 aromatic carbocycles. The number of carbonyl (C=O) groups is 1. The molecule has 1 aliphatic carbocycles. The Morgan fingerprint density at radius 3 is 1.62 bits per heavy atom. The zero-order valence-corrected chi connectivity index (χ0v) is 55.4. The van der Waals surface area contributed by atoms with Crippen molar-refractivity contribution in [1.29, 1.82) is 0 Å². The van der Waals surface area contributed by atoms with Crippen LogP contribution in [0, 0.1) is 5.92 Å². The van der Waals surface area contributed by atoms with Crippen LogP contribution in [0.4, 0.5) is 17.3 Å². The van der Waals surface area contributed by atoms with Gasteiger partial charge in [-0.05, 0) is 183 Å². The van der Waals surface area contributed by atoms with Crippen LogP contribution in [0.15, 0.2) is 237 Å². The maximum atomic E-state index is 12.3. The molecule has 5 N–H and O–H groups in total. The summed E-state index contributed by atoms with van der Waals surface area (Å²) in [4.78, 5) is 47.1. The molecule has 0 spiro atoms. The summed E-state index contributed by atoms with van der Waals surface area (Å²) in [5, 5.41) is 36.0. The van der Waals surface area contributed by atoms with Gasteiger partial charge in [0.25, 0.3) is 0 Å². The first-order chi connectivity index (χ1) is 46.0. The number of aliphatic hydroxyl groups is 3. The number of Topliss-reactive ketones (excluding diaryl/α,β-unsaturated/α-hetero) is 1. The molecule has 12 nitrogen and oxygen atoms in total. The van der Waals surface area contributed by atoms with Crippen LogP contribution < -0.4 is 10.6 Å². The number of carbonyl (C=O) groups excluding carboxylic acids is 1. The fourth-order valence-electron chi connectivity index (χ4n) is 11.3. The minimum absolute atomic E-state index is 0.0877. The molecular weight excluding hydrogens is 1220 g/mol. The first-order valence-electron chi connectivity index (χ1n) is 32.2. The number of aryl methyl sites for hydroxylation is 3. The molecule has 1 aliphatic rings. The third-order valence-corrected chi connectivity index (χ3v) is 19.8. The van der Waals surface area contributed by atoms with Crippen LogP contribution >= 0.6 is 34.0 Å². The topological polar surface area (TPSA) is 179 Å². The van der Waals surface area contributed by atoms with Crippen LogP contribution in [0.5, 0.6) is 0 Å². The second kappa shape index (κ2) is 33.6. The zero-order valence-electron chi connectivity index (χ0n) is 53.0. The van der Waals surface area contributed by atoms with Gasteiger partial charge in [0.2, 0.25) is 5.95 Å². The van der Waals surface area contributed by atoms with Crippen molar-refractivity contribution in [1.82, 2.24) is 29.9 Å². The monoisotopic (exact) mass is 1300 g/mol. The van der Waals surface area contributed by atoms with Gasteiger partial charge in [0.1, 0.15) is 11.6 Å². The van der Waals surface area contributed by atoms with E-state index < -0.39 is 12.2 Å². The smallest absolute Gasteiger partial charge is 0.227 e. The van der Waals surface area contributed by atoms with Gasteiger partial charge in [0.05, 0.1) is 50.0 Å². The van der Waals surface area contributed by atoms with E-state index in [1.807, 2.05) is 133 Å².